The number of rotatable bonds is 4. The van der Waals surface area contributed by atoms with Gasteiger partial charge in [-0.1, -0.05) is 13.3 Å². The second-order valence-electron chi connectivity index (χ2n) is 5.67. The number of benzene rings is 1. The van der Waals surface area contributed by atoms with E-state index in [-0.39, 0.29) is 0 Å². The van der Waals surface area contributed by atoms with Crippen LogP contribution in [0.15, 0.2) is 18.2 Å². The molecule has 1 aliphatic rings. The molecule has 20 heavy (non-hydrogen) atoms. The highest BCUT2D eigenvalue weighted by molar-refractivity contribution is 6.17. The average molecular weight is 293 g/mol. The van der Waals surface area contributed by atoms with E-state index in [1.807, 2.05) is 12.1 Å². The van der Waals surface area contributed by atoms with Crippen LogP contribution in [0.25, 0.3) is 11.0 Å². The van der Waals surface area contributed by atoms with E-state index in [9.17, 15) is 0 Å². The van der Waals surface area contributed by atoms with Crippen LogP contribution < -0.4 is 4.74 Å². The van der Waals surface area contributed by atoms with Gasteiger partial charge in [0, 0.05) is 24.4 Å². The molecule has 0 saturated heterocycles. The summed E-state index contributed by atoms with van der Waals surface area (Å²) < 4.78 is 7.78. The first-order valence-electron chi connectivity index (χ1n) is 7.35. The zero-order valence-electron chi connectivity index (χ0n) is 12.1. The molecular weight excluding hydrogens is 272 g/mol. The molecule has 2 aromatic rings. The van der Waals surface area contributed by atoms with Crippen molar-refractivity contribution in [1.29, 1.82) is 0 Å². The Kier molecular flexibility index (Phi) is 3.88. The highest BCUT2D eigenvalue weighted by atomic mass is 35.5. The fraction of sp³-hybridized carbons (Fsp3) is 0.562. The van der Waals surface area contributed by atoms with Gasteiger partial charge in [0.05, 0.1) is 18.1 Å². The van der Waals surface area contributed by atoms with Gasteiger partial charge in [0.2, 0.25) is 0 Å². The molecule has 1 saturated carbocycles. The third-order valence-electron chi connectivity index (χ3n) is 4.44. The van der Waals surface area contributed by atoms with Gasteiger partial charge in [-0.25, -0.2) is 4.98 Å². The molecule has 4 heteroatoms. The van der Waals surface area contributed by atoms with Gasteiger partial charge in [-0.3, -0.25) is 0 Å². The summed E-state index contributed by atoms with van der Waals surface area (Å²) in [5.41, 5.74) is 2.23. The molecule has 3 nitrogen and oxygen atoms in total. The fourth-order valence-electron chi connectivity index (χ4n) is 3.39. The lowest BCUT2D eigenvalue weighted by Crippen LogP contribution is -2.15. The van der Waals surface area contributed by atoms with Crippen LogP contribution in [0.2, 0.25) is 0 Å². The SMILES string of the molecule is COc1ccc2nc(CCCl)n(C3CCCC3C)c2c1. The van der Waals surface area contributed by atoms with Crippen molar-refractivity contribution in [2.75, 3.05) is 13.0 Å². The van der Waals surface area contributed by atoms with Crippen molar-refractivity contribution < 1.29 is 4.74 Å². The van der Waals surface area contributed by atoms with Crippen molar-refractivity contribution in [2.24, 2.45) is 5.92 Å². The lowest BCUT2D eigenvalue weighted by Gasteiger charge is -2.21. The number of imidazole rings is 1. The third kappa shape index (κ3) is 2.28. The Morgan fingerprint density at radius 3 is 2.90 bits per heavy atom. The molecule has 1 aromatic carbocycles. The van der Waals surface area contributed by atoms with Crippen molar-refractivity contribution in [3.05, 3.63) is 24.0 Å². The molecule has 0 aliphatic heterocycles. The third-order valence-corrected chi connectivity index (χ3v) is 4.62. The Morgan fingerprint density at radius 1 is 1.40 bits per heavy atom. The molecule has 0 bridgehead atoms. The monoisotopic (exact) mass is 292 g/mol. The highest BCUT2D eigenvalue weighted by Gasteiger charge is 2.28. The Balaban J connectivity index is 2.16. The summed E-state index contributed by atoms with van der Waals surface area (Å²) in [6, 6.07) is 6.67. The van der Waals surface area contributed by atoms with Gasteiger partial charge in [-0.05, 0) is 30.9 Å². The summed E-state index contributed by atoms with van der Waals surface area (Å²) in [6.45, 7) is 2.34. The molecular formula is C16H21ClN2O. The fourth-order valence-corrected chi connectivity index (χ4v) is 3.56. The number of alkyl halides is 1. The predicted molar refractivity (Wildman–Crippen MR) is 82.8 cm³/mol. The maximum Gasteiger partial charge on any atom is 0.121 e. The second kappa shape index (κ2) is 5.65. The lowest BCUT2D eigenvalue weighted by molar-refractivity contribution is 0.403. The molecule has 1 aromatic heterocycles. The average Bonchev–Trinajstić information content (AvgIpc) is 3.01. The number of hydrogen-bond donors (Lipinski definition) is 0. The van der Waals surface area contributed by atoms with E-state index in [2.05, 4.69) is 17.6 Å². The zero-order chi connectivity index (χ0) is 14.1. The quantitative estimate of drug-likeness (QED) is 0.790. The molecule has 0 N–H and O–H groups in total. The van der Waals surface area contributed by atoms with Gasteiger partial charge in [0.25, 0.3) is 0 Å². The van der Waals surface area contributed by atoms with Crippen LogP contribution in [0.5, 0.6) is 5.75 Å². The molecule has 0 amide bonds. The van der Waals surface area contributed by atoms with Crippen LogP contribution in [0.3, 0.4) is 0 Å². The predicted octanol–water partition coefficient (Wildman–Crippen LogP) is 4.19. The van der Waals surface area contributed by atoms with Crippen molar-refractivity contribution >= 4 is 22.6 Å². The molecule has 0 radical (unpaired) electrons. The minimum absolute atomic E-state index is 0.547. The number of hydrogen-bond acceptors (Lipinski definition) is 2. The number of ether oxygens (including phenoxy) is 1. The molecule has 2 unspecified atom stereocenters. The van der Waals surface area contributed by atoms with E-state index in [1.165, 1.54) is 24.8 Å². The van der Waals surface area contributed by atoms with Gasteiger partial charge in [0.15, 0.2) is 0 Å². The lowest BCUT2D eigenvalue weighted by atomic mass is 10.1. The van der Waals surface area contributed by atoms with Gasteiger partial charge >= 0.3 is 0 Å². The van der Waals surface area contributed by atoms with E-state index < -0.39 is 0 Å². The van der Waals surface area contributed by atoms with Gasteiger partial charge in [-0.2, -0.15) is 0 Å². The maximum atomic E-state index is 5.96. The van der Waals surface area contributed by atoms with Gasteiger partial charge in [-0.15, -0.1) is 11.6 Å². The van der Waals surface area contributed by atoms with Crippen LogP contribution in [0.1, 0.15) is 38.1 Å². The first-order valence-corrected chi connectivity index (χ1v) is 7.89. The van der Waals surface area contributed by atoms with Crippen LogP contribution >= 0.6 is 11.6 Å². The Bertz CT molecular complexity index is 608. The molecule has 0 spiro atoms. The minimum Gasteiger partial charge on any atom is -0.497 e. The van der Waals surface area contributed by atoms with E-state index >= 15 is 0 Å². The number of aryl methyl sites for hydroxylation is 1. The van der Waals surface area contributed by atoms with Gasteiger partial charge in [0.1, 0.15) is 11.6 Å². The van der Waals surface area contributed by atoms with Gasteiger partial charge < -0.3 is 9.30 Å². The number of fused-ring (bicyclic) bond motifs is 1. The van der Waals surface area contributed by atoms with E-state index in [0.29, 0.717) is 17.8 Å². The van der Waals surface area contributed by atoms with Crippen molar-refractivity contribution in [3.63, 3.8) is 0 Å². The Labute approximate surface area is 124 Å². The first-order chi connectivity index (χ1) is 9.74. The number of nitrogens with zero attached hydrogens (tertiary/aromatic N) is 2. The minimum atomic E-state index is 0.547. The summed E-state index contributed by atoms with van der Waals surface area (Å²) in [5.74, 6) is 3.32. The van der Waals surface area contributed by atoms with Crippen LogP contribution in [-0.2, 0) is 6.42 Å². The number of aromatic nitrogens is 2. The molecule has 1 heterocycles. The Morgan fingerprint density at radius 2 is 2.25 bits per heavy atom. The van der Waals surface area contributed by atoms with Crippen LogP contribution in [0.4, 0.5) is 0 Å². The largest absolute Gasteiger partial charge is 0.497 e. The molecule has 1 fully saturated rings. The smallest absolute Gasteiger partial charge is 0.121 e. The molecule has 2 atom stereocenters. The van der Waals surface area contributed by atoms with Crippen LogP contribution in [-0.4, -0.2) is 22.5 Å². The summed E-state index contributed by atoms with van der Waals surface area (Å²) in [4.78, 5) is 4.78. The van der Waals surface area contributed by atoms with Crippen molar-refractivity contribution in [3.8, 4) is 5.75 Å². The number of methoxy groups -OCH3 is 1. The molecule has 3 rings (SSSR count). The molecule has 1 aliphatic carbocycles. The van der Waals surface area contributed by atoms with Crippen molar-refractivity contribution in [2.45, 2.75) is 38.6 Å². The van der Waals surface area contributed by atoms with Crippen LogP contribution in [0, 0.1) is 5.92 Å². The maximum absolute atomic E-state index is 5.96. The van der Waals surface area contributed by atoms with E-state index in [4.69, 9.17) is 21.3 Å². The summed E-state index contributed by atoms with van der Waals surface area (Å²) >= 11 is 5.96. The van der Waals surface area contributed by atoms with E-state index in [1.54, 1.807) is 7.11 Å². The molecule has 108 valence electrons. The number of halogens is 1. The summed E-state index contributed by atoms with van der Waals surface area (Å²) in [5, 5.41) is 0. The summed E-state index contributed by atoms with van der Waals surface area (Å²) in [7, 11) is 1.71. The summed E-state index contributed by atoms with van der Waals surface area (Å²) in [6.07, 6.45) is 4.66. The normalized spacial score (nSPS) is 22.6. The Hall–Kier alpha value is -1.22. The van der Waals surface area contributed by atoms with E-state index in [0.717, 1.165) is 23.5 Å². The topological polar surface area (TPSA) is 27.1 Å². The second-order valence-corrected chi connectivity index (χ2v) is 6.05. The first kappa shape index (κ1) is 13.7. The van der Waals surface area contributed by atoms with Crippen molar-refractivity contribution in [1.82, 2.24) is 9.55 Å². The highest BCUT2D eigenvalue weighted by Crippen LogP contribution is 2.39. The zero-order valence-corrected chi connectivity index (χ0v) is 12.9. The standard InChI is InChI=1S/C16H21ClN2O/c1-11-4-3-5-14(11)19-15-10-12(20-2)6-7-13(15)18-16(19)8-9-17/h6-7,10-11,14H,3-5,8-9H2,1-2H3.